The van der Waals surface area contributed by atoms with Crippen molar-refractivity contribution >= 4 is 10.0 Å². The van der Waals surface area contributed by atoms with Crippen molar-refractivity contribution in [3.8, 4) is 5.75 Å². The maximum atomic E-state index is 12.3. The van der Waals surface area contributed by atoms with Crippen molar-refractivity contribution < 1.29 is 17.9 Å². The third kappa shape index (κ3) is 5.97. The molecule has 1 aliphatic carbocycles. The summed E-state index contributed by atoms with van der Waals surface area (Å²) in [6, 6.07) is 6.44. The van der Waals surface area contributed by atoms with Crippen molar-refractivity contribution in [2.24, 2.45) is 0 Å². The molecule has 0 amide bonds. The second-order valence-electron chi connectivity index (χ2n) is 5.57. The quantitative estimate of drug-likeness (QED) is 0.555. The van der Waals surface area contributed by atoms with Gasteiger partial charge in [0.15, 0.2) is 0 Å². The fraction of sp³-hybridized carbons (Fsp3) is 0.529. The van der Waals surface area contributed by atoms with E-state index in [9.17, 15) is 8.42 Å². The molecular weight excluding hydrogens is 314 g/mol. The van der Waals surface area contributed by atoms with E-state index < -0.39 is 10.0 Å². The summed E-state index contributed by atoms with van der Waals surface area (Å²) < 4.78 is 37.5. The highest BCUT2D eigenvalue weighted by Crippen LogP contribution is 2.20. The van der Waals surface area contributed by atoms with E-state index in [4.69, 9.17) is 9.47 Å². The van der Waals surface area contributed by atoms with Crippen LogP contribution in [0, 0.1) is 0 Å². The highest BCUT2D eigenvalue weighted by molar-refractivity contribution is 7.89. The number of nitrogens with one attached hydrogen (secondary N) is 1. The van der Waals surface area contributed by atoms with E-state index in [1.54, 1.807) is 31.4 Å². The normalized spacial score (nSPS) is 15.3. The summed E-state index contributed by atoms with van der Waals surface area (Å²) in [6.45, 7) is 1.38. The average molecular weight is 339 g/mol. The number of hydrogen-bond donors (Lipinski definition) is 1. The fourth-order valence-corrected chi connectivity index (χ4v) is 3.55. The molecule has 2 rings (SSSR count). The topological polar surface area (TPSA) is 64.6 Å². The van der Waals surface area contributed by atoms with Gasteiger partial charge in [-0.1, -0.05) is 11.6 Å². The second-order valence-corrected chi connectivity index (χ2v) is 7.34. The minimum Gasteiger partial charge on any atom is -0.491 e. The maximum Gasteiger partial charge on any atom is 0.240 e. The Hall–Kier alpha value is -1.37. The van der Waals surface area contributed by atoms with Gasteiger partial charge in [0.2, 0.25) is 10.0 Å². The van der Waals surface area contributed by atoms with E-state index in [1.807, 2.05) is 0 Å². The van der Waals surface area contributed by atoms with Gasteiger partial charge in [0.1, 0.15) is 12.4 Å². The van der Waals surface area contributed by atoms with Crippen molar-refractivity contribution in [1.29, 1.82) is 0 Å². The van der Waals surface area contributed by atoms with E-state index in [0.717, 1.165) is 19.3 Å². The standard InChI is InChI=1S/C17H25NO4S/c1-21-13-14-22-16-7-9-17(10-8-16)23(19,20)18-12-11-15-5-3-2-4-6-15/h5,7-10,18H,2-4,6,11-14H2,1H3. The molecule has 5 nitrogen and oxygen atoms in total. The Balaban J connectivity index is 1.84. The minimum absolute atomic E-state index is 0.259. The highest BCUT2D eigenvalue weighted by atomic mass is 32.2. The maximum absolute atomic E-state index is 12.3. The second kappa shape index (κ2) is 9.05. The zero-order chi connectivity index (χ0) is 16.5. The van der Waals surface area contributed by atoms with Crippen molar-refractivity contribution in [3.63, 3.8) is 0 Å². The van der Waals surface area contributed by atoms with Crippen LogP contribution in [-0.2, 0) is 14.8 Å². The Morgan fingerprint density at radius 2 is 1.91 bits per heavy atom. The number of sulfonamides is 1. The van der Waals surface area contributed by atoms with Crippen LogP contribution in [0.25, 0.3) is 0 Å². The summed E-state index contributed by atoms with van der Waals surface area (Å²) in [5.74, 6) is 0.633. The van der Waals surface area contributed by atoms with E-state index in [1.165, 1.54) is 18.4 Å². The van der Waals surface area contributed by atoms with Crippen LogP contribution < -0.4 is 9.46 Å². The van der Waals surface area contributed by atoms with Gasteiger partial charge < -0.3 is 9.47 Å². The van der Waals surface area contributed by atoms with Crippen LogP contribution in [0.2, 0.25) is 0 Å². The first-order chi connectivity index (χ1) is 11.1. The van der Waals surface area contributed by atoms with Crippen LogP contribution in [0.15, 0.2) is 40.8 Å². The zero-order valence-corrected chi connectivity index (χ0v) is 14.4. The summed E-state index contributed by atoms with van der Waals surface area (Å²) in [6.07, 6.45) is 7.69. The molecule has 0 heterocycles. The van der Waals surface area contributed by atoms with Gasteiger partial charge >= 0.3 is 0 Å². The third-order valence-electron chi connectivity index (χ3n) is 3.81. The molecular formula is C17H25NO4S. The molecule has 1 aliphatic rings. The van der Waals surface area contributed by atoms with Gasteiger partial charge in [-0.2, -0.15) is 0 Å². The van der Waals surface area contributed by atoms with E-state index in [0.29, 0.717) is 25.5 Å². The van der Waals surface area contributed by atoms with Crippen LogP contribution in [0.1, 0.15) is 32.1 Å². The van der Waals surface area contributed by atoms with Crippen molar-refractivity contribution in [3.05, 3.63) is 35.9 Å². The molecule has 0 aromatic heterocycles. The smallest absolute Gasteiger partial charge is 0.240 e. The van der Waals surface area contributed by atoms with Gasteiger partial charge in [-0.3, -0.25) is 0 Å². The number of ether oxygens (including phenoxy) is 2. The lowest BCUT2D eigenvalue weighted by Gasteiger charge is -2.13. The first kappa shape index (κ1) is 18.0. The Kier molecular flexibility index (Phi) is 7.08. The predicted molar refractivity (Wildman–Crippen MR) is 90.2 cm³/mol. The fourth-order valence-electron chi connectivity index (χ4n) is 2.52. The molecule has 0 spiro atoms. The lowest BCUT2D eigenvalue weighted by Crippen LogP contribution is -2.25. The first-order valence-corrected chi connectivity index (χ1v) is 9.49. The molecule has 0 bridgehead atoms. The molecule has 1 aromatic rings. The molecule has 0 atom stereocenters. The predicted octanol–water partition coefficient (Wildman–Crippen LogP) is 2.88. The van der Waals surface area contributed by atoms with Crippen molar-refractivity contribution in [2.75, 3.05) is 26.9 Å². The zero-order valence-electron chi connectivity index (χ0n) is 13.6. The molecule has 6 heteroatoms. The largest absolute Gasteiger partial charge is 0.491 e. The molecule has 128 valence electrons. The Bertz CT molecular complexity index is 608. The Morgan fingerprint density at radius 3 is 2.57 bits per heavy atom. The summed E-state index contributed by atoms with van der Waals surface area (Å²) in [5.41, 5.74) is 1.36. The van der Waals surface area contributed by atoms with Crippen LogP contribution in [0.5, 0.6) is 5.75 Å². The lowest BCUT2D eigenvalue weighted by molar-refractivity contribution is 0.146. The summed E-state index contributed by atoms with van der Waals surface area (Å²) in [7, 11) is -1.86. The van der Waals surface area contributed by atoms with Gasteiger partial charge in [-0.05, 0) is 56.4 Å². The lowest BCUT2D eigenvalue weighted by atomic mass is 9.97. The molecule has 1 N–H and O–H groups in total. The highest BCUT2D eigenvalue weighted by Gasteiger charge is 2.14. The Labute approximate surface area is 138 Å². The van der Waals surface area contributed by atoms with E-state index in [-0.39, 0.29) is 4.90 Å². The Morgan fingerprint density at radius 1 is 1.13 bits per heavy atom. The molecule has 0 aliphatic heterocycles. The molecule has 23 heavy (non-hydrogen) atoms. The number of benzene rings is 1. The number of rotatable bonds is 9. The minimum atomic E-state index is -3.46. The van der Waals surface area contributed by atoms with Crippen molar-refractivity contribution in [1.82, 2.24) is 4.72 Å². The van der Waals surface area contributed by atoms with Gasteiger partial charge in [-0.15, -0.1) is 0 Å². The van der Waals surface area contributed by atoms with Crippen LogP contribution in [0.3, 0.4) is 0 Å². The van der Waals surface area contributed by atoms with Crippen LogP contribution in [-0.4, -0.2) is 35.3 Å². The summed E-state index contributed by atoms with van der Waals surface area (Å²) in [5, 5.41) is 0. The van der Waals surface area contributed by atoms with Gasteiger partial charge in [0.05, 0.1) is 11.5 Å². The third-order valence-corrected chi connectivity index (χ3v) is 5.29. The average Bonchev–Trinajstić information content (AvgIpc) is 2.56. The van der Waals surface area contributed by atoms with Crippen LogP contribution >= 0.6 is 0 Å². The first-order valence-electron chi connectivity index (χ1n) is 8.01. The number of methoxy groups -OCH3 is 1. The van der Waals surface area contributed by atoms with E-state index >= 15 is 0 Å². The monoisotopic (exact) mass is 339 g/mol. The summed E-state index contributed by atoms with van der Waals surface area (Å²) >= 11 is 0. The number of allylic oxidation sites excluding steroid dienone is 1. The molecule has 0 fully saturated rings. The SMILES string of the molecule is COCCOc1ccc(S(=O)(=O)NCCC2=CCCCC2)cc1. The molecule has 0 saturated carbocycles. The van der Waals surface area contributed by atoms with Gasteiger partial charge in [-0.25, -0.2) is 13.1 Å². The molecule has 1 aromatic carbocycles. The van der Waals surface area contributed by atoms with E-state index in [2.05, 4.69) is 10.8 Å². The molecule has 0 saturated heterocycles. The number of hydrogen-bond acceptors (Lipinski definition) is 4. The molecule has 0 unspecified atom stereocenters. The van der Waals surface area contributed by atoms with Gasteiger partial charge in [0.25, 0.3) is 0 Å². The summed E-state index contributed by atoms with van der Waals surface area (Å²) in [4.78, 5) is 0.259. The van der Waals surface area contributed by atoms with Crippen molar-refractivity contribution in [2.45, 2.75) is 37.0 Å². The van der Waals surface area contributed by atoms with Crippen LogP contribution in [0.4, 0.5) is 0 Å². The van der Waals surface area contributed by atoms with Gasteiger partial charge in [0, 0.05) is 13.7 Å². The molecule has 0 radical (unpaired) electrons.